The number of phenolic OH excluding ortho intramolecular Hbond substituents is 1. The van der Waals surface area contributed by atoms with Crippen LogP contribution < -0.4 is 5.32 Å². The van der Waals surface area contributed by atoms with Crippen molar-refractivity contribution in [2.24, 2.45) is 0 Å². The summed E-state index contributed by atoms with van der Waals surface area (Å²) in [4.78, 5) is 4.37. The highest BCUT2D eigenvalue weighted by molar-refractivity contribution is 7.85. The van der Waals surface area contributed by atoms with Crippen molar-refractivity contribution in [1.29, 1.82) is 0 Å². The molecule has 6 nitrogen and oxygen atoms in total. The number of nitrogens with zero attached hydrogens (tertiary/aromatic N) is 1. The Morgan fingerprint density at radius 2 is 2.16 bits per heavy atom. The zero-order chi connectivity index (χ0) is 14.0. The smallest absolute Gasteiger partial charge is 0.294 e. The number of nitrogens with one attached hydrogen (secondary N) is 1. The third kappa shape index (κ3) is 3.57. The molecule has 0 bridgehead atoms. The minimum atomic E-state index is -4.32. The Morgan fingerprint density at radius 3 is 2.68 bits per heavy atom. The average molecular weight is 321 g/mol. The van der Waals surface area contributed by atoms with E-state index in [1.54, 1.807) is 6.20 Å². The number of thiazole rings is 1. The molecular formula is C10H9ClN2O4S2. The first-order valence-corrected chi connectivity index (χ1v) is 7.64. The Hall–Kier alpha value is -1.35. The van der Waals surface area contributed by atoms with Gasteiger partial charge in [0.25, 0.3) is 10.1 Å². The molecule has 0 radical (unpaired) electrons. The van der Waals surface area contributed by atoms with Crippen LogP contribution >= 0.6 is 22.9 Å². The van der Waals surface area contributed by atoms with Crippen molar-refractivity contribution >= 4 is 38.7 Å². The van der Waals surface area contributed by atoms with E-state index in [9.17, 15) is 13.5 Å². The van der Waals surface area contributed by atoms with Gasteiger partial charge in [-0.2, -0.15) is 8.42 Å². The van der Waals surface area contributed by atoms with Crippen LogP contribution in [0.1, 0.15) is 4.88 Å². The number of rotatable bonds is 4. The minimum Gasteiger partial charge on any atom is -0.506 e. The predicted octanol–water partition coefficient (Wildman–Crippen LogP) is 2.36. The van der Waals surface area contributed by atoms with Crippen LogP contribution in [0.5, 0.6) is 5.75 Å². The molecule has 0 saturated carbocycles. The maximum absolute atomic E-state index is 10.9. The molecular weight excluding hydrogens is 312 g/mol. The fraction of sp³-hybridized carbons (Fsp3) is 0.100. The maximum Gasteiger partial charge on any atom is 0.294 e. The van der Waals surface area contributed by atoms with Crippen molar-refractivity contribution in [1.82, 2.24) is 4.98 Å². The summed E-state index contributed by atoms with van der Waals surface area (Å²) in [6.45, 7) is 0.392. The molecule has 0 atom stereocenters. The third-order valence-corrected chi connectivity index (χ3v) is 4.21. The van der Waals surface area contributed by atoms with Gasteiger partial charge in [0, 0.05) is 17.1 Å². The van der Waals surface area contributed by atoms with E-state index in [0.717, 1.165) is 10.9 Å². The largest absolute Gasteiger partial charge is 0.506 e. The summed E-state index contributed by atoms with van der Waals surface area (Å²) in [5.41, 5.74) is 0.344. The van der Waals surface area contributed by atoms with Crippen LogP contribution in [-0.4, -0.2) is 23.1 Å². The van der Waals surface area contributed by atoms with E-state index < -0.39 is 10.1 Å². The summed E-state index contributed by atoms with van der Waals surface area (Å²) in [6.07, 6.45) is 1.60. The van der Waals surface area contributed by atoms with Crippen LogP contribution in [0.15, 0.2) is 29.3 Å². The van der Waals surface area contributed by atoms with Gasteiger partial charge in [0.1, 0.15) is 5.75 Å². The number of hydrogen-bond donors (Lipinski definition) is 3. The van der Waals surface area contributed by atoms with Crippen LogP contribution in [0.2, 0.25) is 4.47 Å². The van der Waals surface area contributed by atoms with Gasteiger partial charge in [-0.25, -0.2) is 4.98 Å². The van der Waals surface area contributed by atoms with Crippen LogP contribution in [0, 0.1) is 0 Å². The number of anilines is 1. The van der Waals surface area contributed by atoms with Crippen LogP contribution in [0.4, 0.5) is 5.69 Å². The summed E-state index contributed by atoms with van der Waals surface area (Å²) in [5.74, 6) is -0.272. The summed E-state index contributed by atoms with van der Waals surface area (Å²) in [5, 5.41) is 12.6. The number of hydrogen-bond acceptors (Lipinski definition) is 6. The lowest BCUT2D eigenvalue weighted by atomic mass is 10.3. The standard InChI is InChI=1S/C10H9ClN2O4S2/c11-10-13-5-6(18-10)4-12-8-2-1-7(3-9(8)14)19(15,16)17/h1-3,5,12,14H,4H2,(H,15,16,17). The molecule has 0 aliphatic heterocycles. The Labute approximate surface area is 118 Å². The van der Waals surface area contributed by atoms with Crippen molar-refractivity contribution in [3.05, 3.63) is 33.7 Å². The molecule has 1 heterocycles. The fourth-order valence-electron chi connectivity index (χ4n) is 1.37. The lowest BCUT2D eigenvalue weighted by Gasteiger charge is -2.08. The second-order valence-electron chi connectivity index (χ2n) is 3.59. The monoisotopic (exact) mass is 320 g/mol. The normalized spacial score (nSPS) is 11.5. The van der Waals surface area contributed by atoms with Gasteiger partial charge in [0.15, 0.2) is 4.47 Å². The highest BCUT2D eigenvalue weighted by Crippen LogP contribution is 2.27. The number of aromatic nitrogens is 1. The molecule has 9 heteroatoms. The van der Waals surface area contributed by atoms with E-state index in [0.29, 0.717) is 16.7 Å². The molecule has 0 unspecified atom stereocenters. The topological polar surface area (TPSA) is 99.5 Å². The summed E-state index contributed by atoms with van der Waals surface area (Å²) in [7, 11) is -4.32. The second kappa shape index (κ2) is 5.33. The number of aromatic hydroxyl groups is 1. The highest BCUT2D eigenvalue weighted by atomic mass is 35.5. The zero-order valence-electron chi connectivity index (χ0n) is 9.37. The molecule has 0 fully saturated rings. The Kier molecular flexibility index (Phi) is 3.95. The molecule has 19 heavy (non-hydrogen) atoms. The lowest BCUT2D eigenvalue weighted by molar-refractivity contribution is 0.467. The number of benzene rings is 1. The number of halogens is 1. The first kappa shape index (κ1) is 14.1. The molecule has 2 aromatic rings. The van der Waals surface area contributed by atoms with Gasteiger partial charge in [-0.05, 0) is 12.1 Å². The molecule has 0 saturated heterocycles. The maximum atomic E-state index is 10.9. The Bertz CT molecular complexity index is 699. The predicted molar refractivity (Wildman–Crippen MR) is 72.4 cm³/mol. The van der Waals surface area contributed by atoms with Crippen molar-refractivity contribution in [2.75, 3.05) is 5.32 Å². The first-order chi connectivity index (χ1) is 8.86. The minimum absolute atomic E-state index is 0.272. The van der Waals surface area contributed by atoms with Crippen LogP contribution in [0.25, 0.3) is 0 Å². The van der Waals surface area contributed by atoms with Crippen molar-refractivity contribution < 1.29 is 18.1 Å². The molecule has 0 aliphatic rings. The van der Waals surface area contributed by atoms with E-state index >= 15 is 0 Å². The van der Waals surface area contributed by atoms with Gasteiger partial charge in [0.2, 0.25) is 0 Å². The van der Waals surface area contributed by atoms with E-state index in [-0.39, 0.29) is 10.6 Å². The van der Waals surface area contributed by atoms with E-state index in [4.69, 9.17) is 16.2 Å². The van der Waals surface area contributed by atoms with Crippen molar-refractivity contribution in [3.8, 4) is 5.75 Å². The summed E-state index contributed by atoms with van der Waals surface area (Å²) < 4.78 is 31.0. The second-order valence-corrected chi connectivity index (χ2v) is 6.71. The van der Waals surface area contributed by atoms with Crippen molar-refractivity contribution in [2.45, 2.75) is 11.4 Å². The number of phenols is 1. The van der Waals surface area contributed by atoms with Crippen LogP contribution in [-0.2, 0) is 16.7 Å². The van der Waals surface area contributed by atoms with Gasteiger partial charge in [-0.15, -0.1) is 11.3 Å². The third-order valence-electron chi connectivity index (χ3n) is 2.25. The lowest BCUT2D eigenvalue weighted by Crippen LogP contribution is -2.01. The van der Waals surface area contributed by atoms with Gasteiger partial charge in [-0.1, -0.05) is 11.6 Å². The van der Waals surface area contributed by atoms with E-state index in [1.807, 2.05) is 0 Å². The zero-order valence-corrected chi connectivity index (χ0v) is 11.8. The quantitative estimate of drug-likeness (QED) is 0.590. The first-order valence-electron chi connectivity index (χ1n) is 5.01. The average Bonchev–Trinajstić information content (AvgIpc) is 2.72. The van der Waals surface area contributed by atoms with E-state index in [1.165, 1.54) is 23.5 Å². The molecule has 0 aliphatic carbocycles. The molecule has 2 rings (SSSR count). The summed E-state index contributed by atoms with van der Waals surface area (Å²) >= 11 is 6.97. The fourth-order valence-corrected chi connectivity index (χ4v) is 2.79. The van der Waals surface area contributed by atoms with Gasteiger partial charge in [-0.3, -0.25) is 4.55 Å². The van der Waals surface area contributed by atoms with Gasteiger partial charge < -0.3 is 10.4 Å². The van der Waals surface area contributed by atoms with E-state index in [2.05, 4.69) is 10.3 Å². The van der Waals surface area contributed by atoms with Crippen molar-refractivity contribution in [3.63, 3.8) is 0 Å². The molecule has 3 N–H and O–H groups in total. The molecule has 1 aromatic heterocycles. The SMILES string of the molecule is O=S(=O)(O)c1ccc(NCc2cnc(Cl)s2)c(O)c1. The molecule has 102 valence electrons. The highest BCUT2D eigenvalue weighted by Gasteiger charge is 2.12. The van der Waals surface area contributed by atoms with Gasteiger partial charge in [0.05, 0.1) is 17.1 Å². The Balaban J connectivity index is 2.14. The summed E-state index contributed by atoms with van der Waals surface area (Å²) in [6, 6.07) is 3.52. The van der Waals surface area contributed by atoms with Gasteiger partial charge >= 0.3 is 0 Å². The van der Waals surface area contributed by atoms with Crippen LogP contribution in [0.3, 0.4) is 0 Å². The molecule has 0 spiro atoms. The Morgan fingerprint density at radius 1 is 1.42 bits per heavy atom. The molecule has 1 aromatic carbocycles. The molecule has 0 amide bonds.